The summed E-state index contributed by atoms with van der Waals surface area (Å²) in [4.78, 5) is 8.60. The summed E-state index contributed by atoms with van der Waals surface area (Å²) in [6, 6.07) is 10.2. The number of nitrogens with zero attached hydrogens (tertiary/aromatic N) is 2. The second kappa shape index (κ2) is 5.76. The summed E-state index contributed by atoms with van der Waals surface area (Å²) >= 11 is 5.69. The van der Waals surface area contributed by atoms with Crippen LogP contribution in [-0.4, -0.2) is 9.97 Å². The molecule has 3 nitrogen and oxygen atoms in total. The molecule has 0 fully saturated rings. The molecule has 1 heterocycles. The molecule has 0 amide bonds. The Morgan fingerprint density at radius 2 is 1.95 bits per heavy atom. The van der Waals surface area contributed by atoms with Crippen LogP contribution in [0, 0.1) is 5.82 Å². The third-order valence-electron chi connectivity index (χ3n) is 3.37. The highest BCUT2D eigenvalue weighted by molar-refractivity contribution is 6.30. The second-order valence-electron chi connectivity index (χ2n) is 4.83. The van der Waals surface area contributed by atoms with Crippen LogP contribution in [0.2, 0.25) is 5.02 Å². The number of hydrogen-bond acceptors (Lipinski definition) is 3. The molecule has 1 atom stereocenters. The Balaban J connectivity index is 1.93. The molecule has 0 aliphatic rings. The van der Waals surface area contributed by atoms with E-state index in [1.165, 1.54) is 6.07 Å². The number of rotatable bonds is 3. The first-order valence-electron chi connectivity index (χ1n) is 6.54. The largest absolute Gasteiger partial charge is 0.324 e. The van der Waals surface area contributed by atoms with Crippen molar-refractivity contribution in [3.05, 3.63) is 70.8 Å². The molecule has 0 spiro atoms. The fourth-order valence-corrected chi connectivity index (χ4v) is 2.46. The van der Waals surface area contributed by atoms with Crippen molar-refractivity contribution < 1.29 is 4.39 Å². The van der Waals surface area contributed by atoms with E-state index in [2.05, 4.69) is 9.97 Å². The maximum Gasteiger partial charge on any atom is 0.142 e. The highest BCUT2D eigenvalue weighted by Crippen LogP contribution is 2.24. The quantitative estimate of drug-likeness (QED) is 0.803. The molecule has 1 aromatic heterocycles. The van der Waals surface area contributed by atoms with Gasteiger partial charge in [-0.3, -0.25) is 9.97 Å². The van der Waals surface area contributed by atoms with Crippen molar-refractivity contribution in [1.29, 1.82) is 0 Å². The third-order valence-corrected chi connectivity index (χ3v) is 3.68. The van der Waals surface area contributed by atoms with Gasteiger partial charge in [-0.1, -0.05) is 29.8 Å². The summed E-state index contributed by atoms with van der Waals surface area (Å²) < 4.78 is 13.5. The Hall–Kier alpha value is -2.04. The van der Waals surface area contributed by atoms with E-state index in [9.17, 15) is 4.39 Å². The van der Waals surface area contributed by atoms with E-state index < -0.39 is 5.82 Å². The first-order chi connectivity index (χ1) is 10.1. The van der Waals surface area contributed by atoms with Crippen molar-refractivity contribution >= 4 is 22.6 Å². The van der Waals surface area contributed by atoms with Crippen molar-refractivity contribution in [2.24, 2.45) is 5.73 Å². The predicted octanol–water partition coefficient (Wildman–Crippen LogP) is 3.66. The fourth-order valence-electron chi connectivity index (χ4n) is 2.34. The molecule has 3 rings (SSSR count). The van der Waals surface area contributed by atoms with Crippen LogP contribution in [0.3, 0.4) is 0 Å². The lowest BCUT2D eigenvalue weighted by atomic mass is 9.98. The number of fused-ring (bicyclic) bond motifs is 1. The van der Waals surface area contributed by atoms with Crippen LogP contribution >= 0.6 is 11.6 Å². The van der Waals surface area contributed by atoms with E-state index in [1.807, 2.05) is 18.2 Å². The third kappa shape index (κ3) is 2.86. The number of aromatic nitrogens is 2. The van der Waals surface area contributed by atoms with Crippen LogP contribution in [0.25, 0.3) is 11.0 Å². The zero-order valence-corrected chi connectivity index (χ0v) is 11.9. The molecule has 1 unspecified atom stereocenters. The summed E-state index contributed by atoms with van der Waals surface area (Å²) in [5.74, 6) is -0.431. The first-order valence-corrected chi connectivity index (χ1v) is 6.92. The minimum Gasteiger partial charge on any atom is -0.324 e. The van der Waals surface area contributed by atoms with E-state index >= 15 is 0 Å². The molecular formula is C16H13ClFN3. The zero-order chi connectivity index (χ0) is 14.8. The number of para-hydroxylation sites is 1. The van der Waals surface area contributed by atoms with Gasteiger partial charge in [-0.25, -0.2) is 4.39 Å². The van der Waals surface area contributed by atoms with Crippen molar-refractivity contribution in [3.8, 4) is 0 Å². The Labute approximate surface area is 126 Å². The van der Waals surface area contributed by atoms with Crippen LogP contribution in [-0.2, 0) is 6.42 Å². The van der Waals surface area contributed by atoms with E-state index in [-0.39, 0.29) is 11.1 Å². The minimum atomic E-state index is -0.431. The second-order valence-corrected chi connectivity index (χ2v) is 5.24. The Morgan fingerprint density at radius 1 is 1.14 bits per heavy atom. The SMILES string of the molecule is NC(Cc1ccc(Cl)c(F)c1)c1cccc2nccnc12. The van der Waals surface area contributed by atoms with Gasteiger partial charge >= 0.3 is 0 Å². The fraction of sp³-hybridized carbons (Fsp3) is 0.125. The van der Waals surface area contributed by atoms with Gasteiger partial charge in [-0.05, 0) is 35.7 Å². The topological polar surface area (TPSA) is 51.8 Å². The Kier molecular flexibility index (Phi) is 3.82. The Bertz CT molecular complexity index is 786. The molecular weight excluding hydrogens is 289 g/mol. The minimum absolute atomic E-state index is 0.114. The van der Waals surface area contributed by atoms with Crippen LogP contribution in [0.4, 0.5) is 4.39 Å². The molecule has 0 radical (unpaired) electrons. The summed E-state index contributed by atoms with van der Waals surface area (Å²) in [5, 5.41) is 0.114. The molecule has 0 aliphatic heterocycles. The molecule has 0 aliphatic carbocycles. The van der Waals surface area contributed by atoms with Gasteiger partial charge in [0.2, 0.25) is 0 Å². The van der Waals surface area contributed by atoms with Gasteiger partial charge in [-0.2, -0.15) is 0 Å². The smallest absolute Gasteiger partial charge is 0.142 e. The summed E-state index contributed by atoms with van der Waals surface area (Å²) in [7, 11) is 0. The highest BCUT2D eigenvalue weighted by Gasteiger charge is 2.13. The lowest BCUT2D eigenvalue weighted by Gasteiger charge is -2.14. The predicted molar refractivity (Wildman–Crippen MR) is 81.6 cm³/mol. The zero-order valence-electron chi connectivity index (χ0n) is 11.1. The molecule has 0 saturated heterocycles. The van der Waals surface area contributed by atoms with Gasteiger partial charge in [0.1, 0.15) is 5.82 Å². The monoisotopic (exact) mass is 301 g/mol. The van der Waals surface area contributed by atoms with E-state index in [1.54, 1.807) is 24.5 Å². The number of hydrogen-bond donors (Lipinski definition) is 1. The first kappa shape index (κ1) is 13.9. The molecule has 0 saturated carbocycles. The van der Waals surface area contributed by atoms with Gasteiger partial charge in [-0.15, -0.1) is 0 Å². The lowest BCUT2D eigenvalue weighted by molar-refractivity contribution is 0.622. The van der Waals surface area contributed by atoms with E-state index in [0.717, 1.165) is 22.2 Å². The number of benzene rings is 2. The summed E-state index contributed by atoms with van der Waals surface area (Å²) in [6.07, 6.45) is 3.79. The summed E-state index contributed by atoms with van der Waals surface area (Å²) in [5.41, 5.74) is 9.53. The van der Waals surface area contributed by atoms with Crippen LogP contribution in [0.1, 0.15) is 17.2 Å². The van der Waals surface area contributed by atoms with Gasteiger partial charge in [0.05, 0.1) is 16.1 Å². The van der Waals surface area contributed by atoms with E-state index in [0.29, 0.717) is 6.42 Å². The maximum absolute atomic E-state index is 13.5. The molecule has 5 heteroatoms. The standard InChI is InChI=1S/C16H13ClFN3/c17-12-5-4-10(8-13(12)18)9-14(19)11-2-1-3-15-16(11)21-7-6-20-15/h1-8,14H,9,19H2. The molecule has 3 aromatic rings. The molecule has 0 bridgehead atoms. The van der Waals surface area contributed by atoms with E-state index in [4.69, 9.17) is 17.3 Å². The molecule has 2 aromatic carbocycles. The van der Waals surface area contributed by atoms with Crippen LogP contribution in [0.5, 0.6) is 0 Å². The van der Waals surface area contributed by atoms with Crippen molar-refractivity contribution in [1.82, 2.24) is 9.97 Å². The van der Waals surface area contributed by atoms with Gasteiger partial charge < -0.3 is 5.73 Å². The normalized spacial score (nSPS) is 12.5. The number of nitrogens with two attached hydrogens (primary N) is 1. The summed E-state index contributed by atoms with van der Waals surface area (Å²) in [6.45, 7) is 0. The van der Waals surface area contributed by atoms with Gasteiger partial charge in [0.25, 0.3) is 0 Å². The number of halogens is 2. The Morgan fingerprint density at radius 3 is 2.76 bits per heavy atom. The molecule has 2 N–H and O–H groups in total. The maximum atomic E-state index is 13.5. The van der Waals surface area contributed by atoms with Crippen molar-refractivity contribution in [2.75, 3.05) is 0 Å². The molecule has 106 valence electrons. The van der Waals surface area contributed by atoms with Gasteiger partial charge in [0.15, 0.2) is 0 Å². The average molecular weight is 302 g/mol. The highest BCUT2D eigenvalue weighted by atomic mass is 35.5. The molecule has 21 heavy (non-hydrogen) atoms. The lowest BCUT2D eigenvalue weighted by Crippen LogP contribution is -2.14. The van der Waals surface area contributed by atoms with Crippen molar-refractivity contribution in [3.63, 3.8) is 0 Å². The van der Waals surface area contributed by atoms with Crippen LogP contribution < -0.4 is 5.73 Å². The van der Waals surface area contributed by atoms with Gasteiger partial charge in [0, 0.05) is 18.4 Å². The van der Waals surface area contributed by atoms with Crippen molar-refractivity contribution in [2.45, 2.75) is 12.5 Å². The van der Waals surface area contributed by atoms with Crippen LogP contribution in [0.15, 0.2) is 48.8 Å². The average Bonchev–Trinajstić information content (AvgIpc) is 2.50.